The van der Waals surface area contributed by atoms with Crippen molar-refractivity contribution >= 4 is 11.8 Å². The number of carbonyl (C=O) groups is 2. The summed E-state index contributed by atoms with van der Waals surface area (Å²) in [7, 11) is 0. The van der Waals surface area contributed by atoms with Crippen molar-refractivity contribution in [1.29, 1.82) is 0 Å². The molecule has 0 unspecified atom stereocenters. The molecule has 1 saturated heterocycles. The molecule has 0 atom stereocenters. The van der Waals surface area contributed by atoms with Crippen LogP contribution in [0, 0.1) is 0 Å². The quantitative estimate of drug-likeness (QED) is 0.713. The summed E-state index contributed by atoms with van der Waals surface area (Å²) in [6, 6.07) is 10.6. The van der Waals surface area contributed by atoms with Crippen molar-refractivity contribution in [3.05, 3.63) is 66.6 Å². The molecule has 0 radical (unpaired) electrons. The van der Waals surface area contributed by atoms with Crippen LogP contribution in [0.25, 0.3) is 5.69 Å². The van der Waals surface area contributed by atoms with E-state index in [1.807, 2.05) is 12.1 Å². The number of amides is 2. The zero-order chi connectivity index (χ0) is 17.9. The fraction of sp³-hybridized carbons (Fsp3) is 0.222. The Kier molecular flexibility index (Phi) is 4.22. The van der Waals surface area contributed by atoms with Crippen LogP contribution in [-0.4, -0.2) is 62.6 Å². The van der Waals surface area contributed by atoms with Gasteiger partial charge in [0.1, 0.15) is 12.7 Å². The third-order valence-corrected chi connectivity index (χ3v) is 4.38. The van der Waals surface area contributed by atoms with E-state index < -0.39 is 0 Å². The lowest BCUT2D eigenvalue weighted by Gasteiger charge is -2.34. The zero-order valence-electron chi connectivity index (χ0n) is 14.0. The maximum atomic E-state index is 12.7. The molecule has 2 amide bonds. The fourth-order valence-corrected chi connectivity index (χ4v) is 2.95. The first-order chi connectivity index (χ1) is 12.7. The standard InChI is InChI=1S/C18H17N5O3/c24-17(14-3-5-15(6-4-14)23-13-19-12-20-23)21-7-9-22(10-8-21)18(25)16-2-1-11-26-16/h1-6,11-13H,7-10H2. The maximum absolute atomic E-state index is 12.7. The van der Waals surface area contributed by atoms with Gasteiger partial charge in [0.2, 0.25) is 0 Å². The Morgan fingerprint density at radius 3 is 2.19 bits per heavy atom. The molecule has 132 valence electrons. The van der Waals surface area contributed by atoms with Gasteiger partial charge in [-0.1, -0.05) is 0 Å². The predicted octanol–water partition coefficient (Wildman–Crippen LogP) is 1.46. The summed E-state index contributed by atoms with van der Waals surface area (Å²) in [4.78, 5) is 32.3. The molecule has 1 fully saturated rings. The zero-order valence-corrected chi connectivity index (χ0v) is 14.0. The molecule has 3 aromatic rings. The highest BCUT2D eigenvalue weighted by atomic mass is 16.3. The molecule has 1 aliphatic heterocycles. The van der Waals surface area contributed by atoms with Gasteiger partial charge in [-0.2, -0.15) is 5.10 Å². The predicted molar refractivity (Wildman–Crippen MR) is 91.9 cm³/mol. The molecular weight excluding hydrogens is 334 g/mol. The van der Waals surface area contributed by atoms with Gasteiger partial charge in [-0.15, -0.1) is 0 Å². The van der Waals surface area contributed by atoms with Crippen molar-refractivity contribution in [3.63, 3.8) is 0 Å². The first-order valence-corrected chi connectivity index (χ1v) is 8.29. The maximum Gasteiger partial charge on any atom is 0.289 e. The number of rotatable bonds is 3. The molecular formula is C18H17N5O3. The van der Waals surface area contributed by atoms with Gasteiger partial charge in [-0.25, -0.2) is 9.67 Å². The van der Waals surface area contributed by atoms with Crippen LogP contribution in [0.15, 0.2) is 59.7 Å². The monoisotopic (exact) mass is 351 g/mol. The molecule has 8 heteroatoms. The molecule has 4 rings (SSSR count). The fourth-order valence-electron chi connectivity index (χ4n) is 2.95. The van der Waals surface area contributed by atoms with Crippen LogP contribution in [0.1, 0.15) is 20.9 Å². The van der Waals surface area contributed by atoms with E-state index >= 15 is 0 Å². The van der Waals surface area contributed by atoms with E-state index in [9.17, 15) is 9.59 Å². The Morgan fingerprint density at radius 1 is 0.923 bits per heavy atom. The molecule has 0 aliphatic carbocycles. The molecule has 8 nitrogen and oxygen atoms in total. The molecule has 26 heavy (non-hydrogen) atoms. The summed E-state index contributed by atoms with van der Waals surface area (Å²) in [6.07, 6.45) is 4.55. The lowest BCUT2D eigenvalue weighted by atomic mass is 10.1. The summed E-state index contributed by atoms with van der Waals surface area (Å²) in [6.45, 7) is 1.97. The third-order valence-electron chi connectivity index (χ3n) is 4.38. The Bertz CT molecular complexity index is 880. The van der Waals surface area contributed by atoms with Gasteiger partial charge < -0.3 is 14.2 Å². The number of hydrogen-bond donors (Lipinski definition) is 0. The average molecular weight is 351 g/mol. The van der Waals surface area contributed by atoms with Gasteiger partial charge in [0, 0.05) is 31.7 Å². The second-order valence-electron chi connectivity index (χ2n) is 5.95. The lowest BCUT2D eigenvalue weighted by Crippen LogP contribution is -2.50. The van der Waals surface area contributed by atoms with Crippen molar-refractivity contribution in [3.8, 4) is 5.69 Å². The van der Waals surface area contributed by atoms with Crippen LogP contribution in [0.2, 0.25) is 0 Å². The second kappa shape index (κ2) is 6.83. The highest BCUT2D eigenvalue weighted by molar-refractivity contribution is 5.95. The third kappa shape index (κ3) is 3.08. The van der Waals surface area contributed by atoms with E-state index in [0.717, 1.165) is 5.69 Å². The van der Waals surface area contributed by atoms with Crippen LogP contribution in [0.3, 0.4) is 0 Å². The summed E-state index contributed by atoms with van der Waals surface area (Å²) in [5.74, 6) is 0.146. The van der Waals surface area contributed by atoms with Crippen LogP contribution in [-0.2, 0) is 0 Å². The van der Waals surface area contributed by atoms with Gasteiger partial charge in [0.15, 0.2) is 5.76 Å². The minimum atomic E-state index is -0.140. The molecule has 2 aromatic heterocycles. The average Bonchev–Trinajstić information content (AvgIpc) is 3.41. The first-order valence-electron chi connectivity index (χ1n) is 8.29. The molecule has 0 bridgehead atoms. The summed E-state index contributed by atoms with van der Waals surface area (Å²) in [5, 5.41) is 4.06. The van der Waals surface area contributed by atoms with E-state index in [1.54, 1.807) is 45.1 Å². The topological polar surface area (TPSA) is 84.5 Å². The van der Waals surface area contributed by atoms with Crippen molar-refractivity contribution in [2.45, 2.75) is 0 Å². The Morgan fingerprint density at radius 2 is 1.62 bits per heavy atom. The van der Waals surface area contributed by atoms with Gasteiger partial charge in [0.05, 0.1) is 12.0 Å². The van der Waals surface area contributed by atoms with Crippen LogP contribution in [0.4, 0.5) is 0 Å². The van der Waals surface area contributed by atoms with E-state index in [0.29, 0.717) is 37.5 Å². The smallest absolute Gasteiger partial charge is 0.289 e. The number of benzene rings is 1. The van der Waals surface area contributed by atoms with E-state index in [-0.39, 0.29) is 11.8 Å². The Balaban J connectivity index is 1.38. The van der Waals surface area contributed by atoms with E-state index in [1.165, 1.54) is 12.6 Å². The highest BCUT2D eigenvalue weighted by Crippen LogP contribution is 2.14. The molecule has 3 heterocycles. The normalized spacial score (nSPS) is 14.5. The van der Waals surface area contributed by atoms with Crippen molar-refractivity contribution in [2.24, 2.45) is 0 Å². The molecule has 0 N–H and O–H groups in total. The summed E-state index contributed by atoms with van der Waals surface area (Å²) < 4.78 is 6.78. The number of hydrogen-bond acceptors (Lipinski definition) is 5. The summed E-state index contributed by atoms with van der Waals surface area (Å²) in [5.41, 5.74) is 1.45. The van der Waals surface area contributed by atoms with E-state index in [2.05, 4.69) is 10.1 Å². The van der Waals surface area contributed by atoms with Crippen molar-refractivity contribution in [2.75, 3.05) is 26.2 Å². The van der Waals surface area contributed by atoms with E-state index in [4.69, 9.17) is 4.42 Å². The number of nitrogens with zero attached hydrogens (tertiary/aromatic N) is 5. The van der Waals surface area contributed by atoms with Gasteiger partial charge in [-0.3, -0.25) is 9.59 Å². The lowest BCUT2D eigenvalue weighted by molar-refractivity contribution is 0.0518. The molecule has 1 aliphatic rings. The number of aromatic nitrogens is 3. The molecule has 0 spiro atoms. The van der Waals surface area contributed by atoms with Gasteiger partial charge >= 0.3 is 0 Å². The Labute approximate surface area is 149 Å². The Hall–Kier alpha value is -3.42. The second-order valence-corrected chi connectivity index (χ2v) is 5.95. The van der Waals surface area contributed by atoms with Gasteiger partial charge in [0.25, 0.3) is 11.8 Å². The van der Waals surface area contributed by atoms with Crippen molar-refractivity contribution in [1.82, 2.24) is 24.6 Å². The largest absolute Gasteiger partial charge is 0.459 e. The van der Waals surface area contributed by atoms with Gasteiger partial charge in [-0.05, 0) is 36.4 Å². The first kappa shape index (κ1) is 16.1. The van der Waals surface area contributed by atoms with Crippen LogP contribution < -0.4 is 0 Å². The minimum absolute atomic E-state index is 0.0414. The van der Waals surface area contributed by atoms with Crippen molar-refractivity contribution < 1.29 is 14.0 Å². The summed E-state index contributed by atoms with van der Waals surface area (Å²) >= 11 is 0. The van der Waals surface area contributed by atoms with Crippen LogP contribution >= 0.6 is 0 Å². The number of carbonyl (C=O) groups excluding carboxylic acids is 2. The van der Waals surface area contributed by atoms with Crippen LogP contribution in [0.5, 0.6) is 0 Å². The number of furan rings is 1. The SMILES string of the molecule is O=C(c1ccc(-n2cncn2)cc1)N1CCN(C(=O)c2ccco2)CC1. The molecule has 0 saturated carbocycles. The number of piperazine rings is 1. The highest BCUT2D eigenvalue weighted by Gasteiger charge is 2.26. The molecule has 1 aromatic carbocycles. The minimum Gasteiger partial charge on any atom is -0.459 e.